The van der Waals surface area contributed by atoms with Crippen LogP contribution in [0.2, 0.25) is 0 Å². The van der Waals surface area contributed by atoms with Crippen molar-refractivity contribution >= 4 is 11.6 Å². The van der Waals surface area contributed by atoms with Gasteiger partial charge in [-0.05, 0) is 32.6 Å². The number of anilines is 2. The largest absolute Gasteiger partial charge is 0.370 e. The molecule has 1 heterocycles. The van der Waals surface area contributed by atoms with Crippen LogP contribution in [-0.4, -0.2) is 22.6 Å². The summed E-state index contributed by atoms with van der Waals surface area (Å²) in [6.07, 6.45) is 5.73. The average Bonchev–Trinajstić information content (AvgIpc) is 2.38. The average molecular weight is 292 g/mol. The Balaban J connectivity index is 2.62. The quantitative estimate of drug-likeness (QED) is 0.667. The summed E-state index contributed by atoms with van der Waals surface area (Å²) in [7, 11) is 0. The standard InChI is InChI=1S/C17H32N4/c1-6-9-15-20-16(18-7-2)12-17(21-15)19-14(5)11-8-10-13(3)4/h12-14H,6-11H2,1-5H3,(H2,18,19,20,21). The van der Waals surface area contributed by atoms with Crippen LogP contribution < -0.4 is 10.6 Å². The van der Waals surface area contributed by atoms with Crippen molar-refractivity contribution in [3.05, 3.63) is 11.9 Å². The van der Waals surface area contributed by atoms with Crippen LogP contribution in [0, 0.1) is 5.92 Å². The second-order valence-corrected chi connectivity index (χ2v) is 6.21. The number of rotatable bonds is 10. The van der Waals surface area contributed by atoms with Crippen molar-refractivity contribution in [2.45, 2.75) is 72.8 Å². The van der Waals surface area contributed by atoms with Crippen LogP contribution in [0.5, 0.6) is 0 Å². The van der Waals surface area contributed by atoms with E-state index in [9.17, 15) is 0 Å². The van der Waals surface area contributed by atoms with Crippen molar-refractivity contribution in [3.8, 4) is 0 Å². The van der Waals surface area contributed by atoms with Gasteiger partial charge in [-0.3, -0.25) is 0 Å². The first-order valence-corrected chi connectivity index (χ1v) is 8.43. The zero-order valence-corrected chi connectivity index (χ0v) is 14.4. The van der Waals surface area contributed by atoms with Crippen LogP contribution in [0.4, 0.5) is 11.6 Å². The molecule has 0 bridgehead atoms. The van der Waals surface area contributed by atoms with Gasteiger partial charge in [0.05, 0.1) is 0 Å². The van der Waals surface area contributed by atoms with Gasteiger partial charge in [0.15, 0.2) is 0 Å². The number of aryl methyl sites for hydroxylation is 1. The smallest absolute Gasteiger partial charge is 0.133 e. The van der Waals surface area contributed by atoms with E-state index in [1.165, 1.54) is 19.3 Å². The summed E-state index contributed by atoms with van der Waals surface area (Å²) < 4.78 is 0. The SMILES string of the molecule is CCCc1nc(NCC)cc(NC(C)CCCC(C)C)n1. The molecule has 0 saturated heterocycles. The summed E-state index contributed by atoms with van der Waals surface area (Å²) in [4.78, 5) is 9.17. The molecule has 1 atom stereocenters. The van der Waals surface area contributed by atoms with Crippen molar-refractivity contribution in [1.82, 2.24) is 9.97 Å². The van der Waals surface area contributed by atoms with E-state index in [-0.39, 0.29) is 0 Å². The number of aromatic nitrogens is 2. The number of nitrogens with zero attached hydrogens (tertiary/aromatic N) is 2. The number of hydrogen-bond acceptors (Lipinski definition) is 4. The van der Waals surface area contributed by atoms with Gasteiger partial charge in [0.25, 0.3) is 0 Å². The van der Waals surface area contributed by atoms with Crippen molar-refractivity contribution in [2.24, 2.45) is 5.92 Å². The minimum absolute atomic E-state index is 0.447. The molecule has 0 aliphatic carbocycles. The van der Waals surface area contributed by atoms with Crippen LogP contribution in [-0.2, 0) is 6.42 Å². The zero-order chi connectivity index (χ0) is 15.7. The molecule has 0 saturated carbocycles. The summed E-state index contributed by atoms with van der Waals surface area (Å²) in [6.45, 7) is 11.9. The van der Waals surface area contributed by atoms with E-state index in [0.717, 1.165) is 42.8 Å². The number of nitrogens with one attached hydrogen (secondary N) is 2. The Morgan fingerprint density at radius 3 is 2.38 bits per heavy atom. The predicted molar refractivity (Wildman–Crippen MR) is 92.0 cm³/mol. The van der Waals surface area contributed by atoms with E-state index >= 15 is 0 Å². The molecule has 0 aliphatic heterocycles. The normalized spacial score (nSPS) is 12.5. The highest BCUT2D eigenvalue weighted by Gasteiger charge is 2.07. The maximum Gasteiger partial charge on any atom is 0.133 e. The molecule has 1 aromatic rings. The molecule has 1 unspecified atom stereocenters. The fourth-order valence-electron chi connectivity index (χ4n) is 2.34. The van der Waals surface area contributed by atoms with Gasteiger partial charge < -0.3 is 10.6 Å². The third-order valence-electron chi connectivity index (χ3n) is 3.42. The second kappa shape index (κ2) is 9.59. The minimum atomic E-state index is 0.447. The van der Waals surface area contributed by atoms with Gasteiger partial charge in [0, 0.05) is 25.1 Å². The predicted octanol–water partition coefficient (Wildman–Crippen LogP) is 4.49. The molecule has 2 N–H and O–H groups in total. The molecule has 21 heavy (non-hydrogen) atoms. The Morgan fingerprint density at radius 2 is 1.76 bits per heavy atom. The summed E-state index contributed by atoms with van der Waals surface area (Å²) >= 11 is 0. The monoisotopic (exact) mass is 292 g/mol. The van der Waals surface area contributed by atoms with Crippen LogP contribution in [0.1, 0.15) is 66.1 Å². The first-order chi connectivity index (χ1) is 10.0. The highest BCUT2D eigenvalue weighted by atomic mass is 15.1. The molecule has 0 aliphatic rings. The minimum Gasteiger partial charge on any atom is -0.370 e. The van der Waals surface area contributed by atoms with Crippen LogP contribution >= 0.6 is 0 Å². The maximum absolute atomic E-state index is 4.63. The van der Waals surface area contributed by atoms with E-state index < -0.39 is 0 Å². The summed E-state index contributed by atoms with van der Waals surface area (Å²) in [6, 6.07) is 2.46. The lowest BCUT2D eigenvalue weighted by atomic mass is 10.0. The van der Waals surface area contributed by atoms with Crippen molar-refractivity contribution in [2.75, 3.05) is 17.2 Å². The third kappa shape index (κ3) is 7.30. The molecule has 1 aromatic heterocycles. The lowest BCUT2D eigenvalue weighted by molar-refractivity contribution is 0.520. The van der Waals surface area contributed by atoms with Crippen LogP contribution in [0.3, 0.4) is 0 Å². The summed E-state index contributed by atoms with van der Waals surface area (Å²) in [5, 5.41) is 6.81. The van der Waals surface area contributed by atoms with E-state index in [1.807, 2.05) is 6.07 Å². The molecule has 4 heteroatoms. The fourth-order valence-corrected chi connectivity index (χ4v) is 2.34. The van der Waals surface area contributed by atoms with Gasteiger partial charge in [-0.1, -0.05) is 33.6 Å². The highest BCUT2D eigenvalue weighted by Crippen LogP contribution is 2.16. The van der Waals surface area contributed by atoms with Gasteiger partial charge in [-0.2, -0.15) is 0 Å². The van der Waals surface area contributed by atoms with Crippen LogP contribution in [0.15, 0.2) is 6.07 Å². The summed E-state index contributed by atoms with van der Waals surface area (Å²) in [5.41, 5.74) is 0. The Hall–Kier alpha value is -1.32. The first-order valence-electron chi connectivity index (χ1n) is 8.43. The summed E-state index contributed by atoms with van der Waals surface area (Å²) in [5.74, 6) is 3.58. The Bertz CT molecular complexity index is 380. The third-order valence-corrected chi connectivity index (χ3v) is 3.42. The number of hydrogen-bond donors (Lipinski definition) is 2. The molecule has 4 nitrogen and oxygen atoms in total. The van der Waals surface area contributed by atoms with Crippen molar-refractivity contribution in [3.63, 3.8) is 0 Å². The van der Waals surface area contributed by atoms with Gasteiger partial charge in [-0.15, -0.1) is 0 Å². The van der Waals surface area contributed by atoms with Gasteiger partial charge in [-0.25, -0.2) is 9.97 Å². The van der Waals surface area contributed by atoms with Gasteiger partial charge >= 0.3 is 0 Å². The highest BCUT2D eigenvalue weighted by molar-refractivity contribution is 5.48. The Kier molecular flexibility index (Phi) is 8.09. The fraction of sp³-hybridized carbons (Fsp3) is 0.765. The Morgan fingerprint density at radius 1 is 1.05 bits per heavy atom. The lowest BCUT2D eigenvalue weighted by Gasteiger charge is -2.16. The molecule has 1 rings (SSSR count). The molecular weight excluding hydrogens is 260 g/mol. The second-order valence-electron chi connectivity index (χ2n) is 6.21. The van der Waals surface area contributed by atoms with Crippen molar-refractivity contribution < 1.29 is 0 Å². The lowest BCUT2D eigenvalue weighted by Crippen LogP contribution is -2.17. The molecule has 0 radical (unpaired) electrons. The molecule has 0 amide bonds. The molecule has 0 aromatic carbocycles. The van der Waals surface area contributed by atoms with E-state index in [0.29, 0.717) is 6.04 Å². The maximum atomic E-state index is 4.63. The van der Waals surface area contributed by atoms with Crippen LogP contribution in [0.25, 0.3) is 0 Å². The van der Waals surface area contributed by atoms with Gasteiger partial charge in [0.1, 0.15) is 17.5 Å². The molecular formula is C17H32N4. The molecule has 120 valence electrons. The van der Waals surface area contributed by atoms with E-state index in [1.54, 1.807) is 0 Å². The van der Waals surface area contributed by atoms with Crippen molar-refractivity contribution in [1.29, 1.82) is 0 Å². The van der Waals surface area contributed by atoms with Gasteiger partial charge in [0.2, 0.25) is 0 Å². The Labute approximate surface area is 130 Å². The first kappa shape index (κ1) is 17.7. The van der Waals surface area contributed by atoms with E-state index in [4.69, 9.17) is 0 Å². The molecule has 0 fully saturated rings. The topological polar surface area (TPSA) is 49.8 Å². The molecule has 0 spiro atoms. The van der Waals surface area contributed by atoms with E-state index in [2.05, 4.69) is 55.2 Å². The zero-order valence-electron chi connectivity index (χ0n) is 14.4.